The van der Waals surface area contributed by atoms with Gasteiger partial charge in [-0.3, -0.25) is 9.48 Å². The number of esters is 1. The molecule has 0 radical (unpaired) electrons. The van der Waals surface area contributed by atoms with Crippen LogP contribution in [0.15, 0.2) is 37.1 Å². The summed E-state index contributed by atoms with van der Waals surface area (Å²) in [6.07, 6.45) is 10.3. The summed E-state index contributed by atoms with van der Waals surface area (Å²) < 4.78 is 8.55. The van der Waals surface area contributed by atoms with Gasteiger partial charge in [0, 0.05) is 30.4 Å². The van der Waals surface area contributed by atoms with Gasteiger partial charge in [-0.2, -0.15) is 10.2 Å². The SMILES string of the molecule is C/C=C(\CC)c1ncnn2cc(-c3cnn(CCOC(C)=O)c3)cc12. The summed E-state index contributed by atoms with van der Waals surface area (Å²) in [5, 5.41) is 8.63. The van der Waals surface area contributed by atoms with Crippen molar-refractivity contribution in [2.75, 3.05) is 6.61 Å². The fourth-order valence-corrected chi connectivity index (χ4v) is 2.76. The van der Waals surface area contributed by atoms with Crippen LogP contribution in [-0.4, -0.2) is 37.0 Å². The minimum atomic E-state index is -0.284. The summed E-state index contributed by atoms with van der Waals surface area (Å²) in [6, 6.07) is 2.07. The lowest BCUT2D eigenvalue weighted by molar-refractivity contribution is -0.141. The van der Waals surface area contributed by atoms with Crippen LogP contribution in [0.25, 0.3) is 22.2 Å². The largest absolute Gasteiger partial charge is 0.464 e. The fourth-order valence-electron chi connectivity index (χ4n) is 2.76. The quantitative estimate of drug-likeness (QED) is 0.646. The smallest absolute Gasteiger partial charge is 0.302 e. The van der Waals surface area contributed by atoms with E-state index < -0.39 is 0 Å². The number of fused-ring (bicyclic) bond motifs is 1. The zero-order valence-corrected chi connectivity index (χ0v) is 14.6. The lowest BCUT2D eigenvalue weighted by Gasteiger charge is -2.04. The summed E-state index contributed by atoms with van der Waals surface area (Å²) in [5.74, 6) is -0.284. The van der Waals surface area contributed by atoms with Crippen molar-refractivity contribution >= 4 is 17.1 Å². The molecule has 3 aromatic rings. The van der Waals surface area contributed by atoms with Crippen LogP contribution in [0.3, 0.4) is 0 Å². The summed E-state index contributed by atoms with van der Waals surface area (Å²) in [7, 11) is 0. The molecule has 0 fully saturated rings. The molecular formula is C18H21N5O2. The van der Waals surface area contributed by atoms with E-state index in [0.717, 1.165) is 28.8 Å². The third-order valence-corrected chi connectivity index (χ3v) is 4.03. The molecule has 0 aliphatic rings. The maximum absolute atomic E-state index is 10.8. The fraction of sp³-hybridized carbons (Fsp3) is 0.333. The number of aromatic nitrogens is 5. The number of hydrogen-bond acceptors (Lipinski definition) is 5. The second kappa shape index (κ2) is 7.29. The van der Waals surface area contributed by atoms with Crippen molar-refractivity contribution in [1.29, 1.82) is 0 Å². The zero-order chi connectivity index (χ0) is 17.8. The van der Waals surface area contributed by atoms with Crippen LogP contribution in [-0.2, 0) is 16.1 Å². The van der Waals surface area contributed by atoms with Gasteiger partial charge >= 0.3 is 5.97 Å². The molecule has 130 valence electrons. The van der Waals surface area contributed by atoms with Gasteiger partial charge in [0.2, 0.25) is 0 Å². The van der Waals surface area contributed by atoms with Crippen LogP contribution >= 0.6 is 0 Å². The second-order valence-electron chi connectivity index (χ2n) is 5.67. The third-order valence-electron chi connectivity index (χ3n) is 4.03. The molecule has 0 amide bonds. The van der Waals surface area contributed by atoms with Gasteiger partial charge in [-0.15, -0.1) is 0 Å². The second-order valence-corrected chi connectivity index (χ2v) is 5.67. The van der Waals surface area contributed by atoms with Crippen LogP contribution in [0.2, 0.25) is 0 Å². The van der Waals surface area contributed by atoms with E-state index in [-0.39, 0.29) is 5.97 Å². The molecule has 7 heteroatoms. The highest BCUT2D eigenvalue weighted by molar-refractivity contribution is 5.79. The monoisotopic (exact) mass is 339 g/mol. The Morgan fingerprint density at radius 3 is 2.84 bits per heavy atom. The normalized spacial score (nSPS) is 11.9. The molecule has 7 nitrogen and oxygen atoms in total. The molecule has 0 atom stereocenters. The number of hydrogen-bond donors (Lipinski definition) is 0. The molecule has 0 unspecified atom stereocenters. The van der Waals surface area contributed by atoms with Crippen molar-refractivity contribution in [1.82, 2.24) is 24.4 Å². The molecule has 3 aromatic heterocycles. The van der Waals surface area contributed by atoms with Crippen LogP contribution in [0, 0.1) is 0 Å². The highest BCUT2D eigenvalue weighted by Crippen LogP contribution is 2.26. The molecule has 0 aliphatic heterocycles. The van der Waals surface area contributed by atoms with Gasteiger partial charge < -0.3 is 4.74 Å². The van der Waals surface area contributed by atoms with Crippen molar-refractivity contribution in [3.05, 3.63) is 42.8 Å². The first-order chi connectivity index (χ1) is 12.1. The molecule has 3 rings (SSSR count). The number of allylic oxidation sites excluding steroid dienone is 2. The van der Waals surface area contributed by atoms with E-state index in [2.05, 4.69) is 34.2 Å². The maximum atomic E-state index is 10.8. The first kappa shape index (κ1) is 16.9. The lowest BCUT2D eigenvalue weighted by Crippen LogP contribution is -2.08. The standard InChI is InChI=1S/C18H21N5O2/c1-4-14(5-2)18-17-8-15(11-23(17)21-12-19-18)16-9-20-22(10-16)6-7-25-13(3)24/h4,8-12H,5-7H2,1-3H3/b14-4+. The van der Waals surface area contributed by atoms with Crippen molar-refractivity contribution in [2.24, 2.45) is 0 Å². The van der Waals surface area contributed by atoms with Gasteiger partial charge in [0.15, 0.2) is 0 Å². The summed E-state index contributed by atoms with van der Waals surface area (Å²) in [5.41, 5.74) is 5.12. The molecule has 0 bridgehead atoms. The van der Waals surface area contributed by atoms with E-state index in [9.17, 15) is 4.79 Å². The predicted octanol–water partition coefficient (Wildman–Crippen LogP) is 2.97. The van der Waals surface area contributed by atoms with Gasteiger partial charge in [0.1, 0.15) is 12.9 Å². The van der Waals surface area contributed by atoms with E-state index in [0.29, 0.717) is 13.2 Å². The number of ether oxygens (including phenoxy) is 1. The van der Waals surface area contributed by atoms with E-state index in [1.165, 1.54) is 12.5 Å². The molecule has 0 N–H and O–H groups in total. The van der Waals surface area contributed by atoms with Crippen LogP contribution < -0.4 is 0 Å². The first-order valence-corrected chi connectivity index (χ1v) is 8.27. The minimum absolute atomic E-state index is 0.284. The molecule has 0 saturated heterocycles. The Bertz CT molecular complexity index is 923. The first-order valence-electron chi connectivity index (χ1n) is 8.27. The van der Waals surface area contributed by atoms with Gasteiger partial charge in [0.05, 0.1) is 24.0 Å². The average Bonchev–Trinajstić information content (AvgIpc) is 3.22. The molecule has 0 saturated carbocycles. The Morgan fingerprint density at radius 2 is 2.12 bits per heavy atom. The van der Waals surface area contributed by atoms with Crippen molar-refractivity contribution < 1.29 is 9.53 Å². The Balaban J connectivity index is 1.89. The lowest BCUT2D eigenvalue weighted by atomic mass is 10.1. The average molecular weight is 339 g/mol. The summed E-state index contributed by atoms with van der Waals surface area (Å²) in [4.78, 5) is 15.3. The Labute approximate surface area is 145 Å². The number of nitrogens with zero attached hydrogens (tertiary/aromatic N) is 5. The number of carbonyl (C=O) groups excluding carboxylic acids is 1. The zero-order valence-electron chi connectivity index (χ0n) is 14.6. The molecule has 0 spiro atoms. The number of rotatable bonds is 6. The minimum Gasteiger partial charge on any atom is -0.464 e. The van der Waals surface area contributed by atoms with Gasteiger partial charge in [-0.1, -0.05) is 13.0 Å². The van der Waals surface area contributed by atoms with Gasteiger partial charge in [-0.05, 0) is 25.0 Å². The Hall–Kier alpha value is -2.96. The highest BCUT2D eigenvalue weighted by Gasteiger charge is 2.11. The van der Waals surface area contributed by atoms with Gasteiger partial charge in [0.25, 0.3) is 0 Å². The molecular weight excluding hydrogens is 318 g/mol. The summed E-state index contributed by atoms with van der Waals surface area (Å²) >= 11 is 0. The van der Waals surface area contributed by atoms with E-state index >= 15 is 0 Å². The van der Waals surface area contributed by atoms with Crippen molar-refractivity contribution in [3.63, 3.8) is 0 Å². The third kappa shape index (κ3) is 3.60. The summed E-state index contributed by atoms with van der Waals surface area (Å²) in [6.45, 7) is 6.37. The molecule has 0 aromatic carbocycles. The van der Waals surface area contributed by atoms with E-state index in [4.69, 9.17) is 4.74 Å². The maximum Gasteiger partial charge on any atom is 0.302 e. The Morgan fingerprint density at radius 1 is 1.28 bits per heavy atom. The topological polar surface area (TPSA) is 74.3 Å². The van der Waals surface area contributed by atoms with Crippen LogP contribution in [0.4, 0.5) is 0 Å². The molecule has 25 heavy (non-hydrogen) atoms. The highest BCUT2D eigenvalue weighted by atomic mass is 16.5. The van der Waals surface area contributed by atoms with Gasteiger partial charge in [-0.25, -0.2) is 9.50 Å². The van der Waals surface area contributed by atoms with Crippen LogP contribution in [0.5, 0.6) is 0 Å². The van der Waals surface area contributed by atoms with E-state index in [1.54, 1.807) is 17.2 Å². The van der Waals surface area contributed by atoms with E-state index in [1.807, 2.05) is 23.8 Å². The molecule has 0 aliphatic carbocycles. The molecule has 3 heterocycles. The Kier molecular flexibility index (Phi) is 4.92. The predicted molar refractivity (Wildman–Crippen MR) is 94.8 cm³/mol. The van der Waals surface area contributed by atoms with Crippen LogP contribution in [0.1, 0.15) is 32.9 Å². The van der Waals surface area contributed by atoms with Crippen molar-refractivity contribution in [2.45, 2.75) is 33.7 Å². The van der Waals surface area contributed by atoms with Crippen molar-refractivity contribution in [3.8, 4) is 11.1 Å². The number of carbonyl (C=O) groups is 1.